The monoisotopic (exact) mass is 669 g/mol. The lowest BCUT2D eigenvalue weighted by Crippen LogP contribution is -2.53. The van der Waals surface area contributed by atoms with E-state index in [1.54, 1.807) is 48.5 Å². The third-order valence-corrected chi connectivity index (χ3v) is 9.71. The molecule has 4 aromatic carbocycles. The first kappa shape index (κ1) is 34.0. The maximum absolute atomic E-state index is 14.4. The van der Waals surface area contributed by atoms with E-state index < -0.39 is 40.2 Å². The highest BCUT2D eigenvalue weighted by molar-refractivity contribution is 7.92. The summed E-state index contributed by atoms with van der Waals surface area (Å²) in [5.41, 5.74) is 1.44. The first-order valence-corrected chi connectivity index (χ1v) is 16.7. The molecule has 4 rings (SSSR count). The summed E-state index contributed by atoms with van der Waals surface area (Å²) in [6, 6.07) is 25.6. The van der Waals surface area contributed by atoms with E-state index in [4.69, 9.17) is 23.2 Å². The fraction of sp³-hybridized carbons (Fsp3) is 0.235. The van der Waals surface area contributed by atoms with Crippen LogP contribution in [0.25, 0.3) is 0 Å². The molecule has 0 unspecified atom stereocenters. The summed E-state index contributed by atoms with van der Waals surface area (Å²) in [6.07, 6.45) is 1.75. The smallest absolute Gasteiger partial charge is 0.264 e. The Morgan fingerprint density at radius 2 is 1.44 bits per heavy atom. The summed E-state index contributed by atoms with van der Waals surface area (Å²) in [5, 5.41) is 3.53. The molecule has 0 spiro atoms. The van der Waals surface area contributed by atoms with Crippen LogP contribution in [0.3, 0.4) is 0 Å². The number of carbonyl (C=O) groups excluding carboxylic acids is 2. The van der Waals surface area contributed by atoms with Crippen molar-refractivity contribution in [2.24, 2.45) is 0 Å². The van der Waals surface area contributed by atoms with E-state index in [1.165, 1.54) is 4.90 Å². The van der Waals surface area contributed by atoms with Gasteiger partial charge >= 0.3 is 0 Å². The van der Waals surface area contributed by atoms with Gasteiger partial charge in [0.1, 0.15) is 18.4 Å². The Hall–Kier alpha value is -3.92. The highest BCUT2D eigenvalue weighted by Gasteiger charge is 2.35. The third-order valence-electron chi connectivity index (χ3n) is 7.22. The molecule has 45 heavy (non-hydrogen) atoms. The maximum atomic E-state index is 14.4. The minimum absolute atomic E-state index is 0.155. The molecule has 0 aliphatic heterocycles. The second-order valence-electron chi connectivity index (χ2n) is 10.4. The molecule has 1 atom stereocenters. The van der Waals surface area contributed by atoms with Gasteiger partial charge in [-0.25, -0.2) is 12.8 Å². The zero-order valence-corrected chi connectivity index (χ0v) is 27.0. The number of hydrogen-bond donors (Lipinski definition) is 1. The number of para-hydroxylation sites is 1. The van der Waals surface area contributed by atoms with Crippen LogP contribution in [0, 0.1) is 5.82 Å². The summed E-state index contributed by atoms with van der Waals surface area (Å²) < 4.78 is 42.6. The van der Waals surface area contributed by atoms with Gasteiger partial charge in [0.25, 0.3) is 10.0 Å². The Bertz CT molecular complexity index is 1670. The van der Waals surface area contributed by atoms with Gasteiger partial charge in [-0.05, 0) is 60.5 Å². The fourth-order valence-corrected chi connectivity index (χ4v) is 6.70. The van der Waals surface area contributed by atoms with Crippen LogP contribution < -0.4 is 9.62 Å². The molecular formula is C34H34Cl2FN3O4S. The van der Waals surface area contributed by atoms with E-state index in [9.17, 15) is 22.4 Å². The molecule has 0 aliphatic rings. The van der Waals surface area contributed by atoms with E-state index in [0.717, 1.165) is 47.0 Å². The molecule has 4 aromatic rings. The minimum Gasteiger partial charge on any atom is -0.354 e. The van der Waals surface area contributed by atoms with Crippen molar-refractivity contribution in [1.82, 2.24) is 10.2 Å². The standard InChI is InChI=1S/C34H34Cl2FN3O4S/c1-2-3-21-38-34(42)32(22-25-11-6-4-7-12-25)39(23-29-30(35)15-10-16-31(29)36)33(41)24-40(27-13-8-5-9-14-27)45(43,44)28-19-17-26(37)18-20-28/h4-20,32H,2-3,21-24H2,1H3,(H,38,42)/t32-/m0/s1. The number of benzene rings is 4. The van der Waals surface area contributed by atoms with Gasteiger partial charge in [0.05, 0.1) is 10.6 Å². The van der Waals surface area contributed by atoms with Crippen molar-refractivity contribution in [3.63, 3.8) is 0 Å². The van der Waals surface area contributed by atoms with Gasteiger partial charge < -0.3 is 10.2 Å². The quantitative estimate of drug-likeness (QED) is 0.148. The SMILES string of the molecule is CCCCNC(=O)[C@H](Cc1ccccc1)N(Cc1c(Cl)cccc1Cl)C(=O)CN(c1ccccc1)S(=O)(=O)c1ccc(F)cc1. The fourth-order valence-electron chi connectivity index (χ4n) is 4.77. The topological polar surface area (TPSA) is 86.8 Å². The Balaban J connectivity index is 1.80. The number of anilines is 1. The summed E-state index contributed by atoms with van der Waals surface area (Å²) in [5.74, 6) is -1.65. The maximum Gasteiger partial charge on any atom is 0.264 e. The second kappa shape index (κ2) is 15.9. The number of sulfonamides is 1. The zero-order chi connectivity index (χ0) is 32.4. The lowest BCUT2D eigenvalue weighted by molar-refractivity contribution is -0.140. The predicted molar refractivity (Wildman–Crippen MR) is 176 cm³/mol. The molecule has 0 fully saturated rings. The molecule has 0 saturated carbocycles. The Kier molecular flexibility index (Phi) is 12.0. The van der Waals surface area contributed by atoms with Gasteiger partial charge in [-0.1, -0.05) is 91.1 Å². The molecule has 11 heteroatoms. The number of unbranched alkanes of at least 4 members (excludes halogenated alkanes) is 1. The number of hydrogen-bond acceptors (Lipinski definition) is 4. The average molecular weight is 671 g/mol. The van der Waals surface area contributed by atoms with Gasteiger partial charge in [0, 0.05) is 35.1 Å². The summed E-state index contributed by atoms with van der Waals surface area (Å²) >= 11 is 13.1. The summed E-state index contributed by atoms with van der Waals surface area (Å²) in [7, 11) is -4.34. The van der Waals surface area contributed by atoms with Gasteiger partial charge in [0.15, 0.2) is 0 Å². The van der Waals surface area contributed by atoms with Crippen molar-refractivity contribution < 1.29 is 22.4 Å². The molecule has 1 N–H and O–H groups in total. The molecule has 0 heterocycles. The van der Waals surface area contributed by atoms with Crippen molar-refractivity contribution >= 4 is 50.7 Å². The zero-order valence-electron chi connectivity index (χ0n) is 24.7. The van der Waals surface area contributed by atoms with E-state index in [-0.39, 0.29) is 23.5 Å². The van der Waals surface area contributed by atoms with Crippen molar-refractivity contribution in [3.8, 4) is 0 Å². The number of nitrogens with zero attached hydrogens (tertiary/aromatic N) is 2. The molecule has 0 aliphatic carbocycles. The number of carbonyl (C=O) groups is 2. The molecule has 7 nitrogen and oxygen atoms in total. The highest BCUT2D eigenvalue weighted by Crippen LogP contribution is 2.29. The molecule has 2 amide bonds. The largest absolute Gasteiger partial charge is 0.354 e. The normalized spacial score (nSPS) is 11.9. The van der Waals surface area contributed by atoms with Gasteiger partial charge in [-0.3, -0.25) is 13.9 Å². The van der Waals surface area contributed by atoms with E-state index >= 15 is 0 Å². The predicted octanol–water partition coefficient (Wildman–Crippen LogP) is 6.88. The third kappa shape index (κ3) is 8.84. The van der Waals surface area contributed by atoms with Crippen molar-refractivity contribution in [1.29, 1.82) is 0 Å². The van der Waals surface area contributed by atoms with E-state index in [1.807, 2.05) is 37.3 Å². The highest BCUT2D eigenvalue weighted by atomic mass is 35.5. The van der Waals surface area contributed by atoms with E-state index in [2.05, 4.69) is 5.32 Å². The number of rotatable bonds is 14. The van der Waals surface area contributed by atoms with Crippen LogP contribution in [0.1, 0.15) is 30.9 Å². The lowest BCUT2D eigenvalue weighted by atomic mass is 10.0. The Morgan fingerprint density at radius 1 is 0.844 bits per heavy atom. The molecule has 236 valence electrons. The lowest BCUT2D eigenvalue weighted by Gasteiger charge is -2.34. The molecule has 0 aromatic heterocycles. The summed E-state index contributed by atoms with van der Waals surface area (Å²) in [6.45, 7) is 1.60. The number of halogens is 3. The second-order valence-corrected chi connectivity index (χ2v) is 13.0. The Morgan fingerprint density at radius 3 is 2.04 bits per heavy atom. The van der Waals surface area contributed by atoms with Gasteiger partial charge in [-0.2, -0.15) is 0 Å². The molecular weight excluding hydrogens is 636 g/mol. The van der Waals surface area contributed by atoms with Crippen molar-refractivity contribution in [2.75, 3.05) is 17.4 Å². The van der Waals surface area contributed by atoms with Crippen LogP contribution in [-0.2, 0) is 32.6 Å². The van der Waals surface area contributed by atoms with Crippen molar-refractivity contribution in [3.05, 3.63) is 130 Å². The van der Waals surface area contributed by atoms with Crippen LogP contribution >= 0.6 is 23.2 Å². The number of nitrogens with one attached hydrogen (secondary N) is 1. The van der Waals surface area contributed by atoms with Crippen LogP contribution in [0.4, 0.5) is 10.1 Å². The average Bonchev–Trinajstić information content (AvgIpc) is 3.03. The number of amides is 2. The molecule has 0 bridgehead atoms. The van der Waals surface area contributed by atoms with Crippen LogP contribution in [0.5, 0.6) is 0 Å². The van der Waals surface area contributed by atoms with Crippen LogP contribution in [0.15, 0.2) is 108 Å². The first-order chi connectivity index (χ1) is 21.6. The first-order valence-electron chi connectivity index (χ1n) is 14.5. The summed E-state index contributed by atoms with van der Waals surface area (Å²) in [4.78, 5) is 29.4. The van der Waals surface area contributed by atoms with Crippen LogP contribution in [0.2, 0.25) is 10.0 Å². The Labute approximate surface area is 273 Å². The van der Waals surface area contributed by atoms with Crippen molar-refractivity contribution in [2.45, 2.75) is 43.7 Å². The molecule has 0 radical (unpaired) electrons. The van der Waals surface area contributed by atoms with E-state index in [0.29, 0.717) is 22.2 Å². The molecule has 0 saturated heterocycles. The van der Waals surface area contributed by atoms with Gasteiger partial charge in [0.2, 0.25) is 11.8 Å². The van der Waals surface area contributed by atoms with Gasteiger partial charge in [-0.15, -0.1) is 0 Å². The van der Waals surface area contributed by atoms with Crippen LogP contribution in [-0.4, -0.2) is 44.3 Å². The minimum atomic E-state index is -4.34.